The van der Waals surface area contributed by atoms with E-state index in [2.05, 4.69) is 15.2 Å². The third-order valence-electron chi connectivity index (χ3n) is 5.36. The Balaban J connectivity index is 1.29. The molecule has 1 saturated heterocycles. The highest BCUT2D eigenvalue weighted by Crippen LogP contribution is 2.29. The van der Waals surface area contributed by atoms with E-state index >= 15 is 0 Å². The maximum absolute atomic E-state index is 12.6. The van der Waals surface area contributed by atoms with Gasteiger partial charge in [0.15, 0.2) is 5.58 Å². The van der Waals surface area contributed by atoms with Crippen molar-refractivity contribution in [3.8, 4) is 0 Å². The fourth-order valence-electron chi connectivity index (χ4n) is 3.72. The molecule has 1 unspecified atom stereocenters. The van der Waals surface area contributed by atoms with Crippen LogP contribution in [-0.4, -0.2) is 30.0 Å². The molecule has 0 radical (unpaired) electrons. The van der Waals surface area contributed by atoms with Gasteiger partial charge in [-0.1, -0.05) is 24.3 Å². The van der Waals surface area contributed by atoms with E-state index in [0.717, 1.165) is 42.6 Å². The average molecular weight is 417 g/mol. The van der Waals surface area contributed by atoms with Crippen molar-refractivity contribution in [1.82, 2.24) is 10.3 Å². The first-order chi connectivity index (χ1) is 14.4. The Kier molecular flexibility index (Phi) is 5.65. The quantitative estimate of drug-likeness (QED) is 0.639. The second kappa shape index (κ2) is 8.38. The number of hydrogen-bond acceptors (Lipinski definition) is 4. The van der Waals surface area contributed by atoms with E-state index in [-0.39, 0.29) is 18.4 Å². The van der Waals surface area contributed by atoms with Gasteiger partial charge in [-0.15, -0.1) is 0 Å². The molecule has 5 nitrogen and oxygen atoms in total. The molecule has 2 aromatic carbocycles. The molecule has 4 rings (SSSR count). The highest BCUT2D eigenvalue weighted by molar-refractivity contribution is 5.76. The van der Waals surface area contributed by atoms with Gasteiger partial charge in [-0.05, 0) is 49.1 Å². The van der Waals surface area contributed by atoms with Crippen LogP contribution in [0.5, 0.6) is 0 Å². The molecular weight excluding hydrogens is 395 g/mol. The Morgan fingerprint density at radius 2 is 1.93 bits per heavy atom. The van der Waals surface area contributed by atoms with Crippen molar-refractivity contribution < 1.29 is 22.4 Å². The van der Waals surface area contributed by atoms with Crippen LogP contribution >= 0.6 is 0 Å². The van der Waals surface area contributed by atoms with Crippen molar-refractivity contribution in [3.63, 3.8) is 0 Å². The lowest BCUT2D eigenvalue weighted by atomic mass is 10.1. The lowest BCUT2D eigenvalue weighted by molar-refractivity contribution is -0.137. The van der Waals surface area contributed by atoms with Gasteiger partial charge in [0.05, 0.1) is 11.6 Å². The molecule has 158 valence electrons. The minimum Gasteiger partial charge on any atom is -0.423 e. The van der Waals surface area contributed by atoms with Crippen molar-refractivity contribution in [3.05, 3.63) is 59.7 Å². The summed E-state index contributed by atoms with van der Waals surface area (Å²) < 4.78 is 43.7. The molecule has 0 bridgehead atoms. The van der Waals surface area contributed by atoms with Crippen LogP contribution in [0.2, 0.25) is 0 Å². The molecule has 1 aliphatic rings. The molecule has 3 aromatic rings. The summed E-state index contributed by atoms with van der Waals surface area (Å²) in [5, 5.41) is 2.93. The van der Waals surface area contributed by atoms with Crippen LogP contribution < -0.4 is 10.2 Å². The fourth-order valence-corrected chi connectivity index (χ4v) is 3.72. The van der Waals surface area contributed by atoms with Crippen molar-refractivity contribution in [2.75, 3.05) is 18.0 Å². The van der Waals surface area contributed by atoms with Crippen LogP contribution in [0.25, 0.3) is 11.1 Å². The highest BCUT2D eigenvalue weighted by atomic mass is 19.4. The van der Waals surface area contributed by atoms with Gasteiger partial charge < -0.3 is 14.6 Å². The number of benzene rings is 2. The number of amides is 1. The molecule has 2 heterocycles. The molecule has 1 fully saturated rings. The summed E-state index contributed by atoms with van der Waals surface area (Å²) in [6, 6.07) is 13.2. The maximum Gasteiger partial charge on any atom is 0.416 e. The van der Waals surface area contributed by atoms with Crippen molar-refractivity contribution in [2.24, 2.45) is 0 Å². The molecule has 0 saturated carbocycles. The number of aryl methyl sites for hydroxylation is 1. The Morgan fingerprint density at radius 3 is 2.67 bits per heavy atom. The monoisotopic (exact) mass is 417 g/mol. The van der Waals surface area contributed by atoms with Crippen LogP contribution in [0.1, 0.15) is 30.4 Å². The first-order valence-corrected chi connectivity index (χ1v) is 9.95. The molecule has 0 spiro atoms. The van der Waals surface area contributed by atoms with Crippen LogP contribution in [0, 0.1) is 0 Å². The summed E-state index contributed by atoms with van der Waals surface area (Å²) in [5.74, 6) is -0.126. The number of nitrogens with one attached hydrogen (secondary N) is 1. The van der Waals surface area contributed by atoms with Gasteiger partial charge in [-0.25, -0.2) is 0 Å². The number of carbonyl (C=O) groups excluding carboxylic acids is 1. The lowest BCUT2D eigenvalue weighted by Gasteiger charge is -2.23. The Morgan fingerprint density at radius 1 is 1.17 bits per heavy atom. The van der Waals surface area contributed by atoms with Crippen LogP contribution in [-0.2, 0) is 17.4 Å². The van der Waals surface area contributed by atoms with E-state index in [1.54, 1.807) is 0 Å². The zero-order valence-corrected chi connectivity index (χ0v) is 16.3. The number of aromatic nitrogens is 1. The molecule has 8 heteroatoms. The number of alkyl halides is 3. The van der Waals surface area contributed by atoms with E-state index in [1.165, 1.54) is 12.1 Å². The molecule has 0 aliphatic carbocycles. The van der Waals surface area contributed by atoms with Crippen molar-refractivity contribution in [2.45, 2.75) is 37.9 Å². The third-order valence-corrected chi connectivity index (χ3v) is 5.36. The zero-order chi connectivity index (χ0) is 21.1. The Labute approximate surface area is 171 Å². The summed E-state index contributed by atoms with van der Waals surface area (Å²) in [5.41, 5.74) is 1.56. The molecule has 1 atom stereocenters. The van der Waals surface area contributed by atoms with Crippen LogP contribution in [0.15, 0.2) is 52.9 Å². The van der Waals surface area contributed by atoms with Crippen LogP contribution in [0.3, 0.4) is 0 Å². The zero-order valence-electron chi connectivity index (χ0n) is 16.3. The Hall–Kier alpha value is -3.03. The topological polar surface area (TPSA) is 58.4 Å². The van der Waals surface area contributed by atoms with E-state index in [1.807, 2.05) is 24.3 Å². The standard InChI is InChI=1S/C22H22F3N3O2/c23-22(24,25)16-10-7-15(8-11-16)9-12-20(29)26-14-17-4-3-13-28(17)21-27-18-5-1-2-6-19(18)30-21/h1-2,5-8,10-11,17H,3-4,9,12-14H2,(H,26,29). The normalized spacial score (nSPS) is 16.9. The van der Waals surface area contributed by atoms with Gasteiger partial charge in [0.1, 0.15) is 5.52 Å². The largest absolute Gasteiger partial charge is 0.423 e. The smallest absolute Gasteiger partial charge is 0.416 e. The van der Waals surface area contributed by atoms with Gasteiger partial charge in [-0.3, -0.25) is 4.79 Å². The molecule has 1 amide bonds. The number of carbonyl (C=O) groups is 1. The van der Waals surface area contributed by atoms with E-state index in [0.29, 0.717) is 24.5 Å². The van der Waals surface area contributed by atoms with Gasteiger partial charge in [0.25, 0.3) is 6.01 Å². The van der Waals surface area contributed by atoms with Gasteiger partial charge in [0, 0.05) is 19.5 Å². The third kappa shape index (κ3) is 4.58. The first-order valence-electron chi connectivity index (χ1n) is 9.95. The average Bonchev–Trinajstić information content (AvgIpc) is 3.36. The van der Waals surface area contributed by atoms with E-state index in [4.69, 9.17) is 4.42 Å². The maximum atomic E-state index is 12.6. The first kappa shape index (κ1) is 20.3. The minimum absolute atomic E-state index is 0.105. The van der Waals surface area contributed by atoms with E-state index < -0.39 is 11.7 Å². The number of para-hydroxylation sites is 2. The number of anilines is 1. The number of rotatable bonds is 6. The predicted octanol–water partition coefficient (Wildman–Crippen LogP) is 4.56. The summed E-state index contributed by atoms with van der Waals surface area (Å²) in [4.78, 5) is 18.9. The second-order valence-corrected chi connectivity index (χ2v) is 7.45. The van der Waals surface area contributed by atoms with Gasteiger partial charge in [0.2, 0.25) is 5.91 Å². The SMILES string of the molecule is O=C(CCc1ccc(C(F)(F)F)cc1)NCC1CCCN1c1nc2ccccc2o1. The summed E-state index contributed by atoms with van der Waals surface area (Å²) in [6.07, 6.45) is -1.81. The second-order valence-electron chi connectivity index (χ2n) is 7.45. The van der Waals surface area contributed by atoms with E-state index in [9.17, 15) is 18.0 Å². The number of halogens is 3. The molecule has 1 aliphatic heterocycles. The molecular formula is C22H22F3N3O2. The minimum atomic E-state index is -4.35. The Bertz CT molecular complexity index is 981. The summed E-state index contributed by atoms with van der Waals surface area (Å²) >= 11 is 0. The van der Waals surface area contributed by atoms with Crippen LogP contribution in [0.4, 0.5) is 19.2 Å². The highest BCUT2D eigenvalue weighted by Gasteiger charge is 2.30. The molecule has 1 N–H and O–H groups in total. The number of hydrogen-bond donors (Lipinski definition) is 1. The summed E-state index contributed by atoms with van der Waals surface area (Å²) in [7, 11) is 0. The fraction of sp³-hybridized carbons (Fsp3) is 0.364. The van der Waals surface area contributed by atoms with Gasteiger partial charge in [-0.2, -0.15) is 18.2 Å². The van der Waals surface area contributed by atoms with Crippen molar-refractivity contribution in [1.29, 1.82) is 0 Å². The molecule has 1 aromatic heterocycles. The number of nitrogens with zero attached hydrogens (tertiary/aromatic N) is 2. The number of oxazole rings is 1. The number of fused-ring (bicyclic) bond motifs is 1. The molecule has 30 heavy (non-hydrogen) atoms. The predicted molar refractivity (Wildman–Crippen MR) is 107 cm³/mol. The van der Waals surface area contributed by atoms with Gasteiger partial charge >= 0.3 is 6.18 Å². The van der Waals surface area contributed by atoms with Crippen molar-refractivity contribution >= 4 is 23.0 Å². The lowest BCUT2D eigenvalue weighted by Crippen LogP contribution is -2.40. The summed E-state index contributed by atoms with van der Waals surface area (Å²) in [6.45, 7) is 1.30.